The van der Waals surface area contributed by atoms with Crippen molar-refractivity contribution in [1.82, 2.24) is 9.80 Å². The van der Waals surface area contributed by atoms with Crippen LogP contribution in [0.3, 0.4) is 0 Å². The fraction of sp³-hybridized carbons (Fsp3) is 0.200. The quantitative estimate of drug-likeness (QED) is 0.813. The van der Waals surface area contributed by atoms with Gasteiger partial charge in [-0.25, -0.2) is 0 Å². The Hall–Kier alpha value is -3.68. The zero-order valence-electron chi connectivity index (χ0n) is 15.1. The van der Waals surface area contributed by atoms with Crippen LogP contribution in [0.4, 0.5) is 5.69 Å². The van der Waals surface area contributed by atoms with E-state index in [1.54, 1.807) is 43.4 Å². The molecule has 2 aromatic rings. The van der Waals surface area contributed by atoms with Crippen LogP contribution in [0.5, 0.6) is 5.75 Å². The summed E-state index contributed by atoms with van der Waals surface area (Å²) in [5.74, 6) is -1.28. The maximum atomic E-state index is 12.4. The van der Waals surface area contributed by atoms with Crippen LogP contribution < -0.4 is 10.1 Å². The van der Waals surface area contributed by atoms with Crippen LogP contribution >= 0.6 is 0 Å². The summed E-state index contributed by atoms with van der Waals surface area (Å²) in [7, 11) is 1.67. The number of fused-ring (bicyclic) bond motifs is 2. The molecule has 0 unspecified atom stereocenters. The van der Waals surface area contributed by atoms with Gasteiger partial charge in [0.2, 0.25) is 5.91 Å². The predicted molar refractivity (Wildman–Crippen MR) is 99.3 cm³/mol. The second-order valence-corrected chi connectivity index (χ2v) is 6.58. The number of hydrogen-bond acceptors (Lipinski definition) is 5. The molecule has 2 aromatic carbocycles. The van der Waals surface area contributed by atoms with Gasteiger partial charge in [0, 0.05) is 12.7 Å². The summed E-state index contributed by atoms with van der Waals surface area (Å²) in [6, 6.07) is 11.2. The van der Waals surface area contributed by atoms with Crippen molar-refractivity contribution in [3.8, 4) is 5.75 Å². The fourth-order valence-electron chi connectivity index (χ4n) is 3.23. The van der Waals surface area contributed by atoms with E-state index < -0.39 is 24.3 Å². The third-order valence-electron chi connectivity index (χ3n) is 4.70. The van der Waals surface area contributed by atoms with Crippen molar-refractivity contribution in [3.05, 3.63) is 59.2 Å². The van der Waals surface area contributed by atoms with Crippen LogP contribution in [0.2, 0.25) is 0 Å². The minimum Gasteiger partial charge on any atom is -0.491 e. The Kier molecular flexibility index (Phi) is 4.31. The highest BCUT2D eigenvalue weighted by Crippen LogP contribution is 2.26. The summed E-state index contributed by atoms with van der Waals surface area (Å²) >= 11 is 0. The number of rotatable bonds is 3. The molecule has 8 heteroatoms. The first-order valence-electron chi connectivity index (χ1n) is 8.73. The largest absolute Gasteiger partial charge is 0.491 e. The monoisotopic (exact) mass is 379 g/mol. The number of hydrogen-bond donors (Lipinski definition) is 1. The molecule has 4 rings (SSSR count). The molecular formula is C20H17N3O5. The zero-order chi connectivity index (χ0) is 19.8. The van der Waals surface area contributed by atoms with Gasteiger partial charge in [-0.15, -0.1) is 0 Å². The highest BCUT2D eigenvalue weighted by atomic mass is 16.5. The first kappa shape index (κ1) is 17.7. The first-order chi connectivity index (χ1) is 13.5. The van der Waals surface area contributed by atoms with Gasteiger partial charge in [0.1, 0.15) is 18.9 Å². The molecule has 0 bridgehead atoms. The lowest BCUT2D eigenvalue weighted by Crippen LogP contribution is -2.37. The van der Waals surface area contributed by atoms with Gasteiger partial charge < -0.3 is 15.0 Å². The van der Waals surface area contributed by atoms with Gasteiger partial charge in [0.25, 0.3) is 17.7 Å². The summed E-state index contributed by atoms with van der Waals surface area (Å²) in [4.78, 5) is 52.0. The van der Waals surface area contributed by atoms with E-state index in [-0.39, 0.29) is 17.0 Å². The van der Waals surface area contributed by atoms with Crippen LogP contribution in [0, 0.1) is 0 Å². The van der Waals surface area contributed by atoms with Crippen molar-refractivity contribution in [1.29, 1.82) is 0 Å². The smallest absolute Gasteiger partial charge is 0.262 e. The number of carbonyl (C=O) groups excluding carboxylic acids is 4. The Balaban J connectivity index is 1.50. The van der Waals surface area contributed by atoms with E-state index in [4.69, 9.17) is 4.74 Å². The van der Waals surface area contributed by atoms with Gasteiger partial charge in [0.05, 0.1) is 23.2 Å². The van der Waals surface area contributed by atoms with Crippen molar-refractivity contribution in [2.45, 2.75) is 0 Å². The molecule has 8 nitrogen and oxygen atoms in total. The number of nitrogens with zero attached hydrogens (tertiary/aromatic N) is 2. The van der Waals surface area contributed by atoms with Crippen LogP contribution in [-0.2, 0) is 4.79 Å². The van der Waals surface area contributed by atoms with Gasteiger partial charge in [-0.3, -0.25) is 24.1 Å². The summed E-state index contributed by atoms with van der Waals surface area (Å²) in [6.45, 7) is 0.448. The molecule has 2 aliphatic rings. The molecule has 2 aliphatic heterocycles. The second-order valence-electron chi connectivity index (χ2n) is 6.58. The van der Waals surface area contributed by atoms with Crippen LogP contribution in [0.1, 0.15) is 31.1 Å². The van der Waals surface area contributed by atoms with Crippen molar-refractivity contribution in [3.63, 3.8) is 0 Å². The number of ether oxygens (including phenoxy) is 1. The molecule has 2 heterocycles. The maximum absolute atomic E-state index is 12.4. The molecule has 0 aromatic heterocycles. The lowest BCUT2D eigenvalue weighted by atomic mass is 10.1. The van der Waals surface area contributed by atoms with Gasteiger partial charge in [0.15, 0.2) is 0 Å². The SMILES string of the molecule is CN1CCOc2ccc(NC(=O)CN3C(=O)c4ccccc4C3=O)cc2C1=O. The number of benzene rings is 2. The summed E-state index contributed by atoms with van der Waals surface area (Å²) in [5.41, 5.74) is 1.30. The Labute approximate surface area is 160 Å². The average molecular weight is 379 g/mol. The molecule has 0 spiro atoms. The zero-order valence-corrected chi connectivity index (χ0v) is 15.1. The van der Waals surface area contributed by atoms with Crippen LogP contribution in [0.25, 0.3) is 0 Å². The number of carbonyl (C=O) groups is 4. The molecule has 1 N–H and O–H groups in total. The molecule has 0 saturated heterocycles. The lowest BCUT2D eigenvalue weighted by Gasteiger charge is -2.15. The molecule has 0 atom stereocenters. The minimum absolute atomic E-state index is 0.205. The predicted octanol–water partition coefficient (Wildman–Crippen LogP) is 1.39. The number of anilines is 1. The molecule has 28 heavy (non-hydrogen) atoms. The van der Waals surface area contributed by atoms with Gasteiger partial charge in [-0.1, -0.05) is 12.1 Å². The summed E-state index contributed by atoms with van der Waals surface area (Å²) in [6.07, 6.45) is 0. The Morgan fingerprint density at radius 1 is 1.00 bits per heavy atom. The van der Waals surface area contributed by atoms with E-state index in [9.17, 15) is 19.2 Å². The van der Waals surface area contributed by atoms with Gasteiger partial charge in [-0.2, -0.15) is 0 Å². The molecule has 142 valence electrons. The van der Waals surface area contributed by atoms with E-state index in [1.165, 1.54) is 11.0 Å². The van der Waals surface area contributed by atoms with Crippen LogP contribution in [-0.4, -0.2) is 60.2 Å². The number of amides is 4. The highest BCUT2D eigenvalue weighted by molar-refractivity contribution is 6.22. The Morgan fingerprint density at radius 3 is 2.36 bits per heavy atom. The normalized spacial score (nSPS) is 15.7. The standard InChI is InChI=1S/C20H17N3O5/c1-22-8-9-28-16-7-6-12(10-15(16)18(22)25)21-17(24)11-23-19(26)13-4-2-3-5-14(13)20(23)27/h2-7,10H,8-9,11H2,1H3,(H,21,24). The number of likely N-dealkylation sites (N-methyl/N-ethyl adjacent to an activating group) is 1. The van der Waals surface area contributed by atoms with E-state index in [2.05, 4.69) is 5.32 Å². The maximum Gasteiger partial charge on any atom is 0.262 e. The molecule has 0 radical (unpaired) electrons. The molecule has 0 fully saturated rings. The number of nitrogens with one attached hydrogen (secondary N) is 1. The fourth-order valence-corrected chi connectivity index (χ4v) is 3.23. The topological polar surface area (TPSA) is 96.0 Å². The summed E-state index contributed by atoms with van der Waals surface area (Å²) < 4.78 is 5.55. The van der Waals surface area contributed by atoms with Crippen molar-refractivity contribution in [2.24, 2.45) is 0 Å². The molecule has 0 aliphatic carbocycles. The Morgan fingerprint density at radius 2 is 1.68 bits per heavy atom. The van der Waals surface area contributed by atoms with E-state index in [0.717, 1.165) is 4.90 Å². The van der Waals surface area contributed by atoms with Crippen LogP contribution in [0.15, 0.2) is 42.5 Å². The third-order valence-corrected chi connectivity index (χ3v) is 4.70. The minimum atomic E-state index is -0.537. The summed E-state index contributed by atoms with van der Waals surface area (Å²) in [5, 5.41) is 2.63. The van der Waals surface area contributed by atoms with E-state index in [1.807, 2.05) is 0 Å². The van der Waals surface area contributed by atoms with Gasteiger partial charge in [-0.05, 0) is 30.3 Å². The Bertz CT molecular complexity index is 982. The number of imide groups is 1. The van der Waals surface area contributed by atoms with Crippen molar-refractivity contribution < 1.29 is 23.9 Å². The molecule has 4 amide bonds. The average Bonchev–Trinajstić information content (AvgIpc) is 2.83. The molecule has 0 saturated carbocycles. The molecular weight excluding hydrogens is 362 g/mol. The van der Waals surface area contributed by atoms with Crippen molar-refractivity contribution in [2.75, 3.05) is 32.1 Å². The van der Waals surface area contributed by atoms with Gasteiger partial charge >= 0.3 is 0 Å². The van der Waals surface area contributed by atoms with E-state index in [0.29, 0.717) is 30.2 Å². The third kappa shape index (κ3) is 2.98. The first-order valence-corrected chi connectivity index (χ1v) is 8.73. The lowest BCUT2D eigenvalue weighted by molar-refractivity contribution is -0.116. The highest BCUT2D eigenvalue weighted by Gasteiger charge is 2.36. The second kappa shape index (κ2) is 6.80. The van der Waals surface area contributed by atoms with E-state index >= 15 is 0 Å². The van der Waals surface area contributed by atoms with Crippen molar-refractivity contribution >= 4 is 29.3 Å².